The van der Waals surface area contributed by atoms with Crippen LogP contribution >= 0.6 is 0 Å². The fourth-order valence-electron chi connectivity index (χ4n) is 2.90. The quantitative estimate of drug-likeness (QED) is 0.511. The molecule has 5 nitrogen and oxygen atoms in total. The highest BCUT2D eigenvalue weighted by Gasteiger charge is 2.41. The summed E-state index contributed by atoms with van der Waals surface area (Å²) in [7, 11) is -2.89. The average molecular weight is 278 g/mol. The second-order valence-corrected chi connectivity index (χ2v) is 7.46. The molecule has 0 aromatic carbocycles. The summed E-state index contributed by atoms with van der Waals surface area (Å²) in [6.07, 6.45) is 6.97. The minimum atomic E-state index is -2.89. The minimum absolute atomic E-state index is 0.0432. The molecule has 1 unspecified atom stereocenters. The van der Waals surface area contributed by atoms with E-state index in [9.17, 15) is 8.42 Å². The molecular weight excluding hydrogens is 252 g/mol. The summed E-state index contributed by atoms with van der Waals surface area (Å²) >= 11 is 0. The van der Waals surface area contributed by atoms with Crippen LogP contribution in [0, 0.1) is 0 Å². The highest BCUT2D eigenvalue weighted by Crippen LogP contribution is 2.37. The van der Waals surface area contributed by atoms with Crippen molar-refractivity contribution in [2.75, 3.05) is 18.6 Å². The molecule has 1 aliphatic rings. The second-order valence-electron chi connectivity index (χ2n) is 5.20. The molecule has 108 valence electrons. The third kappa shape index (κ3) is 4.50. The first kappa shape index (κ1) is 15.9. The van der Waals surface area contributed by atoms with Crippen molar-refractivity contribution in [2.24, 2.45) is 5.84 Å². The SMILES string of the molecule is CCOC1(C(CCCS(C)(=O)=O)NN)CCCC1. The van der Waals surface area contributed by atoms with Gasteiger partial charge in [0.1, 0.15) is 9.84 Å². The van der Waals surface area contributed by atoms with Crippen LogP contribution in [0.5, 0.6) is 0 Å². The van der Waals surface area contributed by atoms with Crippen molar-refractivity contribution in [1.29, 1.82) is 0 Å². The Morgan fingerprint density at radius 2 is 2.00 bits per heavy atom. The highest BCUT2D eigenvalue weighted by molar-refractivity contribution is 7.90. The van der Waals surface area contributed by atoms with Crippen LogP contribution in [0.25, 0.3) is 0 Å². The zero-order chi connectivity index (χ0) is 13.6. The van der Waals surface area contributed by atoms with Crippen molar-refractivity contribution in [3.8, 4) is 0 Å². The number of nitrogens with one attached hydrogen (secondary N) is 1. The molecule has 0 aromatic heterocycles. The Hall–Kier alpha value is -0.170. The topological polar surface area (TPSA) is 81.4 Å². The summed E-state index contributed by atoms with van der Waals surface area (Å²) < 4.78 is 28.2. The van der Waals surface area contributed by atoms with Gasteiger partial charge in [-0.05, 0) is 32.6 Å². The molecule has 1 aliphatic carbocycles. The number of ether oxygens (including phenoxy) is 1. The van der Waals surface area contributed by atoms with Crippen molar-refractivity contribution >= 4 is 9.84 Å². The maximum absolute atomic E-state index is 11.1. The van der Waals surface area contributed by atoms with Crippen LogP contribution in [0.1, 0.15) is 45.4 Å². The maximum atomic E-state index is 11.1. The largest absolute Gasteiger partial charge is 0.374 e. The zero-order valence-corrected chi connectivity index (χ0v) is 12.3. The van der Waals surface area contributed by atoms with E-state index < -0.39 is 9.84 Å². The fourth-order valence-corrected chi connectivity index (χ4v) is 3.59. The summed E-state index contributed by atoms with van der Waals surface area (Å²) in [5.41, 5.74) is 2.64. The fraction of sp³-hybridized carbons (Fsp3) is 1.00. The van der Waals surface area contributed by atoms with Gasteiger partial charge in [0.15, 0.2) is 0 Å². The first-order chi connectivity index (χ1) is 8.43. The number of hydrogen-bond donors (Lipinski definition) is 2. The minimum Gasteiger partial charge on any atom is -0.374 e. The number of sulfone groups is 1. The average Bonchev–Trinajstić information content (AvgIpc) is 2.73. The Morgan fingerprint density at radius 1 is 1.39 bits per heavy atom. The lowest BCUT2D eigenvalue weighted by Crippen LogP contribution is -2.53. The third-order valence-corrected chi connectivity index (χ3v) is 4.76. The zero-order valence-electron chi connectivity index (χ0n) is 11.4. The van der Waals surface area contributed by atoms with Gasteiger partial charge in [0.05, 0.1) is 11.6 Å². The third-order valence-electron chi connectivity index (χ3n) is 3.73. The van der Waals surface area contributed by atoms with Gasteiger partial charge in [0.25, 0.3) is 0 Å². The standard InChI is InChI=1S/C12H26N2O3S/c1-3-17-12(8-4-5-9-12)11(14-13)7-6-10-18(2,15)16/h11,14H,3-10,13H2,1-2H3. The molecular formula is C12H26N2O3S. The number of nitrogens with two attached hydrogens (primary N) is 1. The van der Waals surface area contributed by atoms with E-state index in [-0.39, 0.29) is 17.4 Å². The van der Waals surface area contributed by atoms with E-state index in [2.05, 4.69) is 5.43 Å². The predicted octanol–water partition coefficient (Wildman–Crippen LogP) is 0.992. The molecule has 1 fully saturated rings. The van der Waals surface area contributed by atoms with Crippen LogP contribution in [-0.2, 0) is 14.6 Å². The van der Waals surface area contributed by atoms with E-state index in [4.69, 9.17) is 10.6 Å². The van der Waals surface area contributed by atoms with E-state index >= 15 is 0 Å². The van der Waals surface area contributed by atoms with Crippen molar-refractivity contribution in [3.05, 3.63) is 0 Å². The van der Waals surface area contributed by atoms with Gasteiger partial charge in [0.2, 0.25) is 0 Å². The molecule has 0 heterocycles. The van der Waals surface area contributed by atoms with Crippen LogP contribution in [0.3, 0.4) is 0 Å². The normalized spacial score (nSPS) is 21.1. The number of rotatable bonds is 8. The van der Waals surface area contributed by atoms with Crippen molar-refractivity contribution in [3.63, 3.8) is 0 Å². The van der Waals surface area contributed by atoms with E-state index in [0.29, 0.717) is 13.0 Å². The van der Waals surface area contributed by atoms with Crippen molar-refractivity contribution in [1.82, 2.24) is 5.43 Å². The van der Waals surface area contributed by atoms with E-state index in [1.807, 2.05) is 6.92 Å². The molecule has 18 heavy (non-hydrogen) atoms. The number of hydrazine groups is 1. The molecule has 6 heteroatoms. The predicted molar refractivity (Wildman–Crippen MR) is 72.9 cm³/mol. The Kier molecular flexibility index (Phi) is 6.04. The molecule has 0 saturated heterocycles. The molecule has 0 amide bonds. The van der Waals surface area contributed by atoms with Gasteiger partial charge < -0.3 is 4.74 Å². The summed E-state index contributed by atoms with van der Waals surface area (Å²) in [6.45, 7) is 2.66. The van der Waals surface area contributed by atoms with Gasteiger partial charge in [0, 0.05) is 18.6 Å². The Bertz CT molecular complexity index is 337. The van der Waals surface area contributed by atoms with E-state index in [0.717, 1.165) is 32.1 Å². The number of hydrogen-bond acceptors (Lipinski definition) is 5. The molecule has 0 spiro atoms. The summed E-state index contributed by atoms with van der Waals surface area (Å²) in [6, 6.07) is 0.0432. The van der Waals surface area contributed by atoms with Crippen LogP contribution in [0.15, 0.2) is 0 Å². The Morgan fingerprint density at radius 3 is 2.44 bits per heavy atom. The van der Waals surface area contributed by atoms with E-state index in [1.54, 1.807) is 0 Å². The Balaban J connectivity index is 2.57. The first-order valence-corrected chi connectivity index (χ1v) is 8.77. The summed E-state index contributed by atoms with van der Waals surface area (Å²) in [5.74, 6) is 5.85. The van der Waals surface area contributed by atoms with Gasteiger partial charge in [-0.3, -0.25) is 11.3 Å². The highest BCUT2D eigenvalue weighted by atomic mass is 32.2. The Labute approximate surface area is 110 Å². The van der Waals surface area contributed by atoms with Crippen molar-refractivity contribution in [2.45, 2.75) is 57.1 Å². The van der Waals surface area contributed by atoms with Gasteiger partial charge in [-0.1, -0.05) is 12.8 Å². The molecule has 1 rings (SSSR count). The van der Waals surface area contributed by atoms with Crippen molar-refractivity contribution < 1.29 is 13.2 Å². The molecule has 3 N–H and O–H groups in total. The van der Waals surface area contributed by atoms with Crippen LogP contribution in [-0.4, -0.2) is 38.7 Å². The van der Waals surface area contributed by atoms with E-state index in [1.165, 1.54) is 6.26 Å². The lowest BCUT2D eigenvalue weighted by Gasteiger charge is -2.37. The van der Waals surface area contributed by atoms with Crippen LogP contribution in [0.2, 0.25) is 0 Å². The van der Waals surface area contributed by atoms with Gasteiger partial charge >= 0.3 is 0 Å². The lowest BCUT2D eigenvalue weighted by molar-refractivity contribution is -0.0633. The molecule has 0 radical (unpaired) electrons. The van der Waals surface area contributed by atoms with Gasteiger partial charge in [-0.15, -0.1) is 0 Å². The second kappa shape index (κ2) is 6.84. The first-order valence-electron chi connectivity index (χ1n) is 6.71. The smallest absolute Gasteiger partial charge is 0.147 e. The molecule has 1 atom stereocenters. The monoisotopic (exact) mass is 278 g/mol. The summed E-state index contributed by atoms with van der Waals surface area (Å²) in [5, 5.41) is 0. The summed E-state index contributed by atoms with van der Waals surface area (Å²) in [4.78, 5) is 0. The molecule has 1 saturated carbocycles. The van der Waals surface area contributed by atoms with Crippen LogP contribution in [0.4, 0.5) is 0 Å². The molecule has 0 bridgehead atoms. The lowest BCUT2D eigenvalue weighted by atomic mass is 9.89. The van der Waals surface area contributed by atoms with Gasteiger partial charge in [-0.2, -0.15) is 0 Å². The maximum Gasteiger partial charge on any atom is 0.147 e. The molecule has 0 aliphatic heterocycles. The molecule has 0 aromatic rings. The van der Waals surface area contributed by atoms with Crippen LogP contribution < -0.4 is 11.3 Å². The van der Waals surface area contributed by atoms with Gasteiger partial charge in [-0.25, -0.2) is 8.42 Å².